The predicted octanol–water partition coefficient (Wildman–Crippen LogP) is 0.503. The van der Waals surface area contributed by atoms with Crippen LogP contribution < -0.4 is 14.8 Å². The highest BCUT2D eigenvalue weighted by molar-refractivity contribution is 5.77. The van der Waals surface area contributed by atoms with Crippen molar-refractivity contribution < 1.29 is 19.4 Å². The van der Waals surface area contributed by atoms with Gasteiger partial charge in [-0.2, -0.15) is 0 Å². The summed E-state index contributed by atoms with van der Waals surface area (Å²) in [6, 6.07) is 6.98. The second kappa shape index (κ2) is 7.85. The van der Waals surface area contributed by atoms with Crippen molar-refractivity contribution in [3.8, 4) is 11.5 Å². The van der Waals surface area contributed by atoms with Crippen LogP contribution in [0.3, 0.4) is 0 Å². The van der Waals surface area contributed by atoms with E-state index in [1.54, 1.807) is 38.3 Å². The van der Waals surface area contributed by atoms with Gasteiger partial charge in [0, 0.05) is 13.1 Å². The average molecular weight is 296 g/mol. The number of hydrogen-bond donors (Lipinski definition) is 2. The Bertz CT molecular complexity index is 443. The third-order valence-electron chi connectivity index (χ3n) is 2.75. The van der Waals surface area contributed by atoms with Gasteiger partial charge in [0.25, 0.3) is 5.91 Å². The first-order valence-corrected chi connectivity index (χ1v) is 6.73. The zero-order chi connectivity index (χ0) is 15.9. The van der Waals surface area contributed by atoms with E-state index in [1.807, 2.05) is 19.0 Å². The van der Waals surface area contributed by atoms with Crippen molar-refractivity contribution in [3.05, 3.63) is 24.3 Å². The molecule has 0 spiro atoms. The topological polar surface area (TPSA) is 71.0 Å². The summed E-state index contributed by atoms with van der Waals surface area (Å²) < 4.78 is 10.4. The number of methoxy groups -OCH3 is 1. The molecule has 1 rings (SSSR count). The number of carbonyl (C=O) groups excluding carboxylic acids is 1. The summed E-state index contributed by atoms with van der Waals surface area (Å²) >= 11 is 0. The highest BCUT2D eigenvalue weighted by Gasteiger charge is 2.22. The molecule has 0 aliphatic carbocycles. The third-order valence-corrected chi connectivity index (χ3v) is 2.75. The lowest BCUT2D eigenvalue weighted by atomic mass is 10.1. The van der Waals surface area contributed by atoms with Crippen LogP contribution >= 0.6 is 0 Å². The fourth-order valence-electron chi connectivity index (χ4n) is 1.90. The van der Waals surface area contributed by atoms with Crippen LogP contribution in [0.25, 0.3) is 0 Å². The van der Waals surface area contributed by atoms with Gasteiger partial charge in [-0.05, 0) is 45.3 Å². The van der Waals surface area contributed by atoms with Gasteiger partial charge in [-0.15, -0.1) is 0 Å². The maximum atomic E-state index is 11.7. The van der Waals surface area contributed by atoms with Crippen LogP contribution in [0.4, 0.5) is 0 Å². The molecular formula is C15H24N2O4. The Morgan fingerprint density at radius 2 is 1.86 bits per heavy atom. The van der Waals surface area contributed by atoms with Crippen molar-refractivity contribution in [1.29, 1.82) is 0 Å². The van der Waals surface area contributed by atoms with Crippen molar-refractivity contribution in [2.45, 2.75) is 12.5 Å². The van der Waals surface area contributed by atoms with Crippen molar-refractivity contribution >= 4 is 5.91 Å². The Morgan fingerprint density at radius 3 is 2.38 bits per heavy atom. The maximum Gasteiger partial charge on any atom is 0.258 e. The van der Waals surface area contributed by atoms with Gasteiger partial charge in [-0.1, -0.05) is 0 Å². The van der Waals surface area contributed by atoms with Gasteiger partial charge in [0.1, 0.15) is 11.5 Å². The Labute approximate surface area is 125 Å². The molecule has 1 aromatic carbocycles. The number of carbonyl (C=O) groups is 1. The lowest BCUT2D eigenvalue weighted by molar-refractivity contribution is -0.124. The first-order valence-electron chi connectivity index (χ1n) is 6.73. The molecule has 1 unspecified atom stereocenters. The fourth-order valence-corrected chi connectivity index (χ4v) is 1.90. The Balaban J connectivity index is 2.33. The number of amides is 1. The number of nitrogens with zero attached hydrogens (tertiary/aromatic N) is 1. The lowest BCUT2D eigenvalue weighted by Gasteiger charge is -2.27. The summed E-state index contributed by atoms with van der Waals surface area (Å²) in [7, 11) is 5.31. The molecule has 0 radical (unpaired) electrons. The molecule has 0 aliphatic rings. The summed E-state index contributed by atoms with van der Waals surface area (Å²) in [6.07, 6.45) is 0. The van der Waals surface area contributed by atoms with E-state index in [-0.39, 0.29) is 19.1 Å². The van der Waals surface area contributed by atoms with E-state index in [1.165, 1.54) is 0 Å². The number of likely N-dealkylation sites (N-methyl/N-ethyl adjacent to an activating group) is 1. The third kappa shape index (κ3) is 6.97. The molecular weight excluding hydrogens is 272 g/mol. The summed E-state index contributed by atoms with van der Waals surface area (Å²) in [5.41, 5.74) is -0.973. The first-order chi connectivity index (χ1) is 9.82. The molecule has 0 saturated heterocycles. The molecule has 21 heavy (non-hydrogen) atoms. The average Bonchev–Trinajstić information content (AvgIpc) is 2.42. The Hall–Kier alpha value is -1.79. The predicted molar refractivity (Wildman–Crippen MR) is 80.7 cm³/mol. The van der Waals surface area contributed by atoms with E-state index in [2.05, 4.69) is 5.32 Å². The van der Waals surface area contributed by atoms with Crippen LogP contribution in [0.15, 0.2) is 24.3 Å². The van der Waals surface area contributed by atoms with Crippen LogP contribution in [0.5, 0.6) is 11.5 Å². The van der Waals surface area contributed by atoms with Crippen molar-refractivity contribution in [1.82, 2.24) is 10.2 Å². The van der Waals surface area contributed by atoms with Gasteiger partial charge in [0.2, 0.25) is 0 Å². The first kappa shape index (κ1) is 17.3. The molecule has 1 aromatic rings. The highest BCUT2D eigenvalue weighted by Crippen LogP contribution is 2.16. The SMILES string of the molecule is COc1ccc(OCC(=O)NCC(C)(O)CN(C)C)cc1. The summed E-state index contributed by atoms with van der Waals surface area (Å²) in [5.74, 6) is 1.04. The molecule has 6 heteroatoms. The molecule has 2 N–H and O–H groups in total. The number of ether oxygens (including phenoxy) is 2. The molecule has 0 fully saturated rings. The highest BCUT2D eigenvalue weighted by atomic mass is 16.5. The number of nitrogens with one attached hydrogen (secondary N) is 1. The number of aliphatic hydroxyl groups is 1. The second-order valence-corrected chi connectivity index (χ2v) is 5.48. The van der Waals surface area contributed by atoms with Gasteiger partial charge in [0.05, 0.1) is 12.7 Å². The lowest BCUT2D eigenvalue weighted by Crippen LogP contribution is -2.47. The molecule has 1 atom stereocenters. The van der Waals surface area contributed by atoms with E-state index >= 15 is 0 Å². The smallest absolute Gasteiger partial charge is 0.258 e. The van der Waals surface area contributed by atoms with Crippen LogP contribution in [0, 0.1) is 0 Å². The van der Waals surface area contributed by atoms with E-state index in [4.69, 9.17) is 9.47 Å². The van der Waals surface area contributed by atoms with Gasteiger partial charge >= 0.3 is 0 Å². The van der Waals surface area contributed by atoms with Gasteiger partial charge in [-0.3, -0.25) is 4.79 Å². The molecule has 0 heterocycles. The largest absolute Gasteiger partial charge is 0.497 e. The molecule has 0 bridgehead atoms. The molecule has 6 nitrogen and oxygen atoms in total. The monoisotopic (exact) mass is 296 g/mol. The van der Waals surface area contributed by atoms with Crippen LogP contribution in [0.1, 0.15) is 6.92 Å². The van der Waals surface area contributed by atoms with Gasteiger partial charge < -0.3 is 24.8 Å². The molecule has 1 amide bonds. The fraction of sp³-hybridized carbons (Fsp3) is 0.533. The van der Waals surface area contributed by atoms with Crippen molar-refractivity contribution in [2.24, 2.45) is 0 Å². The van der Waals surface area contributed by atoms with Crippen molar-refractivity contribution in [2.75, 3.05) is 40.9 Å². The Kier molecular flexibility index (Phi) is 6.45. The minimum absolute atomic E-state index is 0.0929. The van der Waals surface area contributed by atoms with Crippen LogP contribution in [-0.4, -0.2) is 62.4 Å². The number of rotatable bonds is 8. The number of hydrogen-bond acceptors (Lipinski definition) is 5. The zero-order valence-electron chi connectivity index (χ0n) is 13.0. The summed E-state index contributed by atoms with van der Waals surface area (Å²) in [6.45, 7) is 2.23. The van der Waals surface area contributed by atoms with Crippen LogP contribution in [-0.2, 0) is 4.79 Å². The van der Waals surface area contributed by atoms with Crippen LogP contribution in [0.2, 0.25) is 0 Å². The normalized spacial score (nSPS) is 13.6. The van der Waals surface area contributed by atoms with Gasteiger partial charge in [-0.25, -0.2) is 0 Å². The zero-order valence-corrected chi connectivity index (χ0v) is 13.0. The summed E-state index contributed by atoms with van der Waals surface area (Å²) in [5, 5.41) is 12.7. The number of benzene rings is 1. The molecule has 0 saturated carbocycles. The molecule has 0 aromatic heterocycles. The quantitative estimate of drug-likeness (QED) is 0.731. The van der Waals surface area contributed by atoms with Crippen molar-refractivity contribution in [3.63, 3.8) is 0 Å². The van der Waals surface area contributed by atoms with E-state index < -0.39 is 5.60 Å². The molecule has 0 aliphatic heterocycles. The molecule has 118 valence electrons. The second-order valence-electron chi connectivity index (χ2n) is 5.48. The van der Waals surface area contributed by atoms with E-state index in [0.717, 1.165) is 5.75 Å². The standard InChI is InChI=1S/C15H24N2O4/c1-15(19,11-17(2)3)10-16-14(18)9-21-13-7-5-12(20-4)6-8-13/h5-8,19H,9-11H2,1-4H3,(H,16,18). The van der Waals surface area contributed by atoms with Gasteiger partial charge in [0.15, 0.2) is 6.61 Å². The van der Waals surface area contributed by atoms with E-state index in [9.17, 15) is 9.90 Å². The maximum absolute atomic E-state index is 11.7. The Morgan fingerprint density at radius 1 is 1.29 bits per heavy atom. The summed E-state index contributed by atoms with van der Waals surface area (Å²) in [4.78, 5) is 13.5. The van der Waals surface area contributed by atoms with E-state index in [0.29, 0.717) is 12.3 Å². The minimum atomic E-state index is -0.973. The minimum Gasteiger partial charge on any atom is -0.497 e.